The summed E-state index contributed by atoms with van der Waals surface area (Å²) in [5.74, 6) is 0.478. The normalized spacial score (nSPS) is 18.2. The minimum absolute atomic E-state index is 0.300. The summed E-state index contributed by atoms with van der Waals surface area (Å²) >= 11 is 6.43. The van der Waals surface area contributed by atoms with E-state index in [1.54, 1.807) is 6.33 Å². The van der Waals surface area contributed by atoms with Crippen molar-refractivity contribution in [3.8, 4) is 11.3 Å². The number of hydrogen-bond donors (Lipinski definition) is 1. The smallest absolute Gasteiger partial charge is 0.164 e. The van der Waals surface area contributed by atoms with E-state index in [4.69, 9.17) is 22.4 Å². The Morgan fingerprint density at radius 2 is 1.70 bits per heavy atom. The summed E-state index contributed by atoms with van der Waals surface area (Å²) in [6, 6.07) is 17.6. The maximum Gasteiger partial charge on any atom is 0.164 e. The van der Waals surface area contributed by atoms with Crippen LogP contribution in [0.4, 0.5) is 5.82 Å². The van der Waals surface area contributed by atoms with Gasteiger partial charge in [0, 0.05) is 53.4 Å². The molecular weight excluding hydrogens is 520 g/mol. The molecule has 3 aromatic heterocycles. The van der Waals surface area contributed by atoms with Crippen molar-refractivity contribution in [2.24, 2.45) is 0 Å². The molecule has 2 saturated heterocycles. The van der Waals surface area contributed by atoms with Gasteiger partial charge in [-0.05, 0) is 75.6 Å². The van der Waals surface area contributed by atoms with Gasteiger partial charge in [0.25, 0.3) is 0 Å². The van der Waals surface area contributed by atoms with Gasteiger partial charge in [-0.2, -0.15) is 5.10 Å². The first-order chi connectivity index (χ1) is 19.5. The van der Waals surface area contributed by atoms with Gasteiger partial charge in [-0.25, -0.2) is 14.6 Å². The number of nitrogens with zero attached hydrogens (tertiary/aromatic N) is 7. The van der Waals surface area contributed by atoms with E-state index in [1.165, 1.54) is 25.9 Å². The van der Waals surface area contributed by atoms with Crippen LogP contribution in [0.5, 0.6) is 0 Å². The predicted molar refractivity (Wildman–Crippen MR) is 162 cm³/mol. The van der Waals surface area contributed by atoms with Crippen molar-refractivity contribution >= 4 is 39.4 Å². The second kappa shape index (κ2) is 10.5. The Hall–Kier alpha value is -3.46. The van der Waals surface area contributed by atoms with E-state index >= 15 is 0 Å². The molecule has 40 heavy (non-hydrogen) atoms. The zero-order chi connectivity index (χ0) is 27.2. The molecule has 0 amide bonds. The van der Waals surface area contributed by atoms with Crippen LogP contribution >= 0.6 is 11.6 Å². The zero-order valence-corrected chi connectivity index (χ0v) is 23.6. The summed E-state index contributed by atoms with van der Waals surface area (Å²) in [5.41, 5.74) is 11.4. The van der Waals surface area contributed by atoms with Crippen LogP contribution in [0.1, 0.15) is 37.3 Å². The molecule has 2 fully saturated rings. The van der Waals surface area contributed by atoms with Crippen LogP contribution < -0.4 is 5.73 Å². The van der Waals surface area contributed by atoms with Crippen molar-refractivity contribution in [3.05, 3.63) is 71.6 Å². The molecule has 2 aliphatic rings. The first kappa shape index (κ1) is 25.5. The zero-order valence-electron chi connectivity index (χ0n) is 22.9. The summed E-state index contributed by atoms with van der Waals surface area (Å²) < 4.78 is 4.36. The van der Waals surface area contributed by atoms with Gasteiger partial charge in [0.15, 0.2) is 5.65 Å². The average molecular weight is 555 g/mol. The molecular formula is C31H35ClN8. The van der Waals surface area contributed by atoms with E-state index in [0.717, 1.165) is 76.3 Å². The van der Waals surface area contributed by atoms with Crippen molar-refractivity contribution in [1.82, 2.24) is 34.1 Å². The summed E-state index contributed by atoms with van der Waals surface area (Å²) in [5, 5.41) is 7.94. The molecule has 7 rings (SSSR count). The monoisotopic (exact) mass is 554 g/mol. The highest BCUT2D eigenvalue weighted by Crippen LogP contribution is 2.36. The van der Waals surface area contributed by atoms with Crippen LogP contribution in [0.15, 0.2) is 61.1 Å². The van der Waals surface area contributed by atoms with Gasteiger partial charge in [0.2, 0.25) is 0 Å². The fourth-order valence-corrected chi connectivity index (χ4v) is 6.80. The third-order valence-electron chi connectivity index (χ3n) is 8.91. The van der Waals surface area contributed by atoms with Crippen molar-refractivity contribution in [2.75, 3.05) is 39.0 Å². The first-order valence-electron chi connectivity index (χ1n) is 14.3. The molecule has 2 aromatic carbocycles. The number of rotatable bonds is 5. The lowest BCUT2D eigenvalue weighted by atomic mass is 9.98. The number of nitrogen functional groups attached to an aromatic ring is 1. The van der Waals surface area contributed by atoms with E-state index in [9.17, 15) is 0 Å². The number of likely N-dealkylation sites (tertiary alicyclic amines) is 2. The summed E-state index contributed by atoms with van der Waals surface area (Å²) in [7, 11) is 2.23. The average Bonchev–Trinajstić information content (AvgIpc) is 3.57. The highest BCUT2D eigenvalue weighted by molar-refractivity contribution is 6.31. The molecule has 0 radical (unpaired) electrons. The Balaban J connectivity index is 1.18. The van der Waals surface area contributed by atoms with Gasteiger partial charge in [0.1, 0.15) is 17.8 Å². The number of nitrogens with two attached hydrogens (primary N) is 1. The maximum atomic E-state index is 6.45. The number of piperidine rings is 2. The topological polar surface area (TPSA) is 81.0 Å². The fourth-order valence-electron chi connectivity index (χ4n) is 6.60. The molecule has 9 heteroatoms. The van der Waals surface area contributed by atoms with Crippen LogP contribution in [-0.2, 0) is 6.54 Å². The molecule has 2 aliphatic heterocycles. The number of halogens is 1. The lowest BCUT2D eigenvalue weighted by Crippen LogP contribution is -2.47. The first-order valence-corrected chi connectivity index (χ1v) is 14.7. The second-order valence-corrected chi connectivity index (χ2v) is 11.8. The van der Waals surface area contributed by atoms with Crippen LogP contribution in [0.3, 0.4) is 0 Å². The molecule has 0 spiro atoms. The molecule has 0 saturated carbocycles. The SMILES string of the molecule is CN1CCC(N2CCC(n3nc(-c4ccc5c(ccn5Cc5ccccc5Cl)c4)c4c(N)ncnc43)CC2)CC1. The van der Waals surface area contributed by atoms with E-state index in [1.807, 2.05) is 18.2 Å². The molecule has 0 unspecified atom stereocenters. The quantitative estimate of drug-likeness (QED) is 0.310. The van der Waals surface area contributed by atoms with Crippen molar-refractivity contribution in [1.29, 1.82) is 0 Å². The third-order valence-corrected chi connectivity index (χ3v) is 9.28. The molecule has 5 heterocycles. The van der Waals surface area contributed by atoms with E-state index in [-0.39, 0.29) is 0 Å². The summed E-state index contributed by atoms with van der Waals surface area (Å²) in [4.78, 5) is 14.1. The van der Waals surface area contributed by atoms with Gasteiger partial charge in [-0.15, -0.1) is 0 Å². The highest BCUT2D eigenvalue weighted by Gasteiger charge is 2.30. The molecule has 0 atom stereocenters. The van der Waals surface area contributed by atoms with Crippen molar-refractivity contribution in [3.63, 3.8) is 0 Å². The predicted octanol–water partition coefficient (Wildman–Crippen LogP) is 5.46. The summed E-state index contributed by atoms with van der Waals surface area (Å²) in [6.45, 7) is 5.31. The van der Waals surface area contributed by atoms with E-state index in [2.05, 4.69) is 72.6 Å². The Kier molecular flexibility index (Phi) is 6.70. The van der Waals surface area contributed by atoms with Gasteiger partial charge in [-0.3, -0.25) is 0 Å². The van der Waals surface area contributed by atoms with Gasteiger partial charge in [0.05, 0.1) is 11.4 Å². The summed E-state index contributed by atoms with van der Waals surface area (Å²) in [6.07, 6.45) is 8.34. The number of fused-ring (bicyclic) bond motifs is 2. The van der Waals surface area contributed by atoms with Gasteiger partial charge in [-0.1, -0.05) is 35.9 Å². The standard InChI is InChI=1S/C31H35ClN8/c1-37-13-9-24(10-14-37)38-16-11-25(12-17-38)40-31-28(30(33)34-20-35-31)29(36-40)22-6-7-27-21(18-22)8-15-39(27)19-23-4-2-3-5-26(23)32/h2-8,15,18,20,24-25H,9-14,16-17,19H2,1H3,(H2,33,34,35). The fraction of sp³-hybridized carbons (Fsp3) is 0.387. The maximum absolute atomic E-state index is 6.45. The Morgan fingerprint density at radius 3 is 2.50 bits per heavy atom. The number of aromatic nitrogens is 5. The molecule has 5 aromatic rings. The van der Waals surface area contributed by atoms with Gasteiger partial charge < -0.3 is 20.1 Å². The van der Waals surface area contributed by atoms with Crippen LogP contribution in [0, 0.1) is 0 Å². The minimum atomic E-state index is 0.300. The second-order valence-electron chi connectivity index (χ2n) is 11.4. The Morgan fingerprint density at radius 1 is 0.925 bits per heavy atom. The molecule has 8 nitrogen and oxygen atoms in total. The van der Waals surface area contributed by atoms with Crippen molar-refractivity contribution < 1.29 is 0 Å². The van der Waals surface area contributed by atoms with Crippen molar-refractivity contribution in [2.45, 2.75) is 44.3 Å². The van der Waals surface area contributed by atoms with Crippen LogP contribution in [-0.4, -0.2) is 73.4 Å². The highest BCUT2D eigenvalue weighted by atomic mass is 35.5. The lowest BCUT2D eigenvalue weighted by Gasteiger charge is -2.41. The molecule has 0 bridgehead atoms. The number of anilines is 1. The largest absolute Gasteiger partial charge is 0.383 e. The third kappa shape index (κ3) is 4.64. The minimum Gasteiger partial charge on any atom is -0.383 e. The Labute approximate surface area is 239 Å². The Bertz CT molecular complexity index is 1660. The lowest BCUT2D eigenvalue weighted by molar-refractivity contribution is 0.0859. The molecule has 2 N–H and O–H groups in total. The van der Waals surface area contributed by atoms with Crippen LogP contribution in [0.2, 0.25) is 5.02 Å². The molecule has 206 valence electrons. The van der Waals surface area contributed by atoms with Gasteiger partial charge >= 0.3 is 0 Å². The molecule has 0 aliphatic carbocycles. The van der Waals surface area contributed by atoms with E-state index < -0.39 is 0 Å². The van der Waals surface area contributed by atoms with Crippen LogP contribution in [0.25, 0.3) is 33.2 Å². The van der Waals surface area contributed by atoms with E-state index in [0.29, 0.717) is 17.9 Å². The number of benzene rings is 2. The number of hydrogen-bond acceptors (Lipinski definition) is 6.